The molecule has 0 amide bonds. The Kier molecular flexibility index (Phi) is 5.86. The highest BCUT2D eigenvalue weighted by Gasteiger charge is 2.24. The van der Waals surface area contributed by atoms with Crippen LogP contribution in [0.25, 0.3) is 0 Å². The molecule has 2 heterocycles. The van der Waals surface area contributed by atoms with Crippen LogP contribution in [0.3, 0.4) is 0 Å². The Morgan fingerprint density at radius 2 is 1.81 bits per heavy atom. The maximum Gasteiger partial charge on any atom is 0.104 e. The van der Waals surface area contributed by atoms with Crippen molar-refractivity contribution in [2.24, 2.45) is 0 Å². The van der Waals surface area contributed by atoms with Gasteiger partial charge in [0, 0.05) is 28.2 Å². The number of thiazole rings is 1. The Morgan fingerprint density at radius 1 is 0.968 bits per heavy atom. The second-order valence-corrected chi connectivity index (χ2v) is 9.41. The van der Waals surface area contributed by atoms with Crippen LogP contribution in [-0.4, -0.2) is 18.2 Å². The molecular weight excluding hydrogens is 445 g/mol. The third kappa shape index (κ3) is 4.42. The van der Waals surface area contributed by atoms with Crippen LogP contribution < -0.4 is 10.2 Å². The van der Waals surface area contributed by atoms with Gasteiger partial charge in [-0.05, 0) is 59.5 Å². The van der Waals surface area contributed by atoms with E-state index in [1.54, 1.807) is 11.3 Å². The lowest BCUT2D eigenvalue weighted by atomic mass is 9.91. The van der Waals surface area contributed by atoms with E-state index in [4.69, 9.17) is 23.2 Å². The second-order valence-electron chi connectivity index (χ2n) is 7.61. The number of nitrogens with one attached hydrogen (secondary N) is 1. The number of rotatable bonds is 6. The molecule has 31 heavy (non-hydrogen) atoms. The minimum absolute atomic E-state index is 0.0814. The van der Waals surface area contributed by atoms with Crippen LogP contribution in [0.2, 0.25) is 10.0 Å². The number of benzene rings is 3. The summed E-state index contributed by atoms with van der Waals surface area (Å²) in [5, 5.41) is 8.16. The lowest BCUT2D eigenvalue weighted by molar-refractivity contribution is 0.838. The number of aromatic nitrogens is 1. The summed E-state index contributed by atoms with van der Waals surface area (Å²) in [7, 11) is 0. The smallest absolute Gasteiger partial charge is 0.104 e. The fourth-order valence-corrected chi connectivity index (χ4v) is 5.20. The van der Waals surface area contributed by atoms with E-state index in [0.717, 1.165) is 34.7 Å². The fourth-order valence-electron chi connectivity index (χ4n) is 4.07. The van der Waals surface area contributed by atoms with E-state index in [-0.39, 0.29) is 5.92 Å². The second kappa shape index (κ2) is 8.91. The highest BCUT2D eigenvalue weighted by molar-refractivity contribution is 7.09. The molecule has 0 fully saturated rings. The van der Waals surface area contributed by atoms with Gasteiger partial charge in [-0.2, -0.15) is 0 Å². The molecule has 0 spiro atoms. The van der Waals surface area contributed by atoms with Gasteiger partial charge in [0.25, 0.3) is 0 Å². The minimum atomic E-state index is 0.0814. The molecule has 0 radical (unpaired) electrons. The molecule has 0 aliphatic carbocycles. The Balaban J connectivity index is 1.45. The lowest BCUT2D eigenvalue weighted by Gasteiger charge is -2.21. The summed E-state index contributed by atoms with van der Waals surface area (Å²) in [6.45, 7) is 1.73. The van der Waals surface area contributed by atoms with Gasteiger partial charge in [-0.15, -0.1) is 11.3 Å². The van der Waals surface area contributed by atoms with Crippen molar-refractivity contribution in [2.45, 2.75) is 12.3 Å². The van der Waals surface area contributed by atoms with Gasteiger partial charge in [-0.25, -0.2) is 4.98 Å². The van der Waals surface area contributed by atoms with Crippen molar-refractivity contribution in [3.8, 4) is 0 Å². The van der Waals surface area contributed by atoms with Crippen molar-refractivity contribution < 1.29 is 0 Å². The monoisotopic (exact) mass is 465 g/mol. The standard InChI is InChI=1S/C25H21Cl2N3S/c26-20-7-4-18(5-8-20)24(25-28-11-13-31-25)19-6-9-22-23(15-19)30(16-29-22)12-10-17-2-1-3-21(27)14-17/h1-9,11,13-15,24,29H,10,12,16H2. The summed E-state index contributed by atoms with van der Waals surface area (Å²) in [5.74, 6) is 0.0814. The molecule has 1 N–H and O–H groups in total. The maximum absolute atomic E-state index is 6.15. The van der Waals surface area contributed by atoms with Crippen LogP contribution in [0.15, 0.2) is 78.3 Å². The van der Waals surface area contributed by atoms with Crippen LogP contribution in [0.4, 0.5) is 11.4 Å². The Bertz CT molecular complexity index is 1180. The first-order valence-electron chi connectivity index (χ1n) is 10.2. The first kappa shape index (κ1) is 20.4. The number of fused-ring (bicyclic) bond motifs is 1. The predicted octanol–water partition coefficient (Wildman–Crippen LogP) is 7.06. The summed E-state index contributed by atoms with van der Waals surface area (Å²) >= 11 is 14.0. The summed E-state index contributed by atoms with van der Waals surface area (Å²) in [6.07, 6.45) is 2.81. The van der Waals surface area contributed by atoms with Gasteiger partial charge in [0.05, 0.1) is 24.0 Å². The molecule has 1 aliphatic rings. The topological polar surface area (TPSA) is 28.2 Å². The van der Waals surface area contributed by atoms with E-state index in [2.05, 4.69) is 51.6 Å². The minimum Gasteiger partial charge on any atom is -0.366 e. The third-order valence-electron chi connectivity index (χ3n) is 5.62. The highest BCUT2D eigenvalue weighted by Crippen LogP contribution is 2.39. The molecule has 0 saturated carbocycles. The Hall–Kier alpha value is -2.53. The summed E-state index contributed by atoms with van der Waals surface area (Å²) in [4.78, 5) is 7.02. The van der Waals surface area contributed by atoms with Crippen molar-refractivity contribution in [3.63, 3.8) is 0 Å². The predicted molar refractivity (Wildman–Crippen MR) is 132 cm³/mol. The number of nitrogens with zero attached hydrogens (tertiary/aromatic N) is 2. The van der Waals surface area contributed by atoms with E-state index >= 15 is 0 Å². The molecule has 3 nitrogen and oxygen atoms in total. The normalized spacial score (nSPS) is 13.7. The molecule has 6 heteroatoms. The highest BCUT2D eigenvalue weighted by atomic mass is 35.5. The zero-order valence-corrected chi connectivity index (χ0v) is 19.1. The maximum atomic E-state index is 6.15. The van der Waals surface area contributed by atoms with E-state index < -0.39 is 0 Å². The van der Waals surface area contributed by atoms with Crippen LogP contribution in [0, 0.1) is 0 Å². The molecular formula is C25H21Cl2N3S. The molecule has 5 rings (SSSR count). The van der Waals surface area contributed by atoms with Gasteiger partial charge in [-0.1, -0.05) is 53.5 Å². The number of hydrogen-bond donors (Lipinski definition) is 1. The molecule has 156 valence electrons. The van der Waals surface area contributed by atoms with Gasteiger partial charge in [0.1, 0.15) is 5.01 Å². The van der Waals surface area contributed by atoms with Crippen LogP contribution in [-0.2, 0) is 6.42 Å². The van der Waals surface area contributed by atoms with Gasteiger partial charge in [-0.3, -0.25) is 0 Å². The number of hydrogen-bond acceptors (Lipinski definition) is 4. The number of halogens is 2. The van der Waals surface area contributed by atoms with Crippen LogP contribution in [0.1, 0.15) is 27.6 Å². The first-order chi connectivity index (χ1) is 15.2. The molecule has 1 unspecified atom stereocenters. The molecule has 4 aromatic rings. The van der Waals surface area contributed by atoms with Gasteiger partial charge in [0.2, 0.25) is 0 Å². The van der Waals surface area contributed by atoms with E-state index in [1.807, 2.05) is 41.9 Å². The molecule has 1 aromatic heterocycles. The summed E-state index contributed by atoms with van der Waals surface area (Å²) < 4.78 is 0. The van der Waals surface area contributed by atoms with Crippen molar-refractivity contribution in [1.82, 2.24) is 4.98 Å². The first-order valence-corrected chi connectivity index (χ1v) is 11.8. The Morgan fingerprint density at radius 3 is 2.58 bits per heavy atom. The van der Waals surface area contributed by atoms with E-state index in [9.17, 15) is 0 Å². The molecule has 1 atom stereocenters. The average Bonchev–Trinajstić information content (AvgIpc) is 3.44. The number of anilines is 2. The van der Waals surface area contributed by atoms with Gasteiger partial charge >= 0.3 is 0 Å². The SMILES string of the molecule is Clc1ccc(C(c2ccc3c(c2)N(CCc2cccc(Cl)c2)CN3)c2nccs2)cc1. The summed E-state index contributed by atoms with van der Waals surface area (Å²) in [6, 6.07) is 22.9. The van der Waals surface area contributed by atoms with Crippen molar-refractivity contribution in [2.75, 3.05) is 23.4 Å². The van der Waals surface area contributed by atoms with Crippen molar-refractivity contribution in [1.29, 1.82) is 0 Å². The van der Waals surface area contributed by atoms with E-state index in [0.29, 0.717) is 0 Å². The zero-order chi connectivity index (χ0) is 21.2. The fraction of sp³-hybridized carbons (Fsp3) is 0.160. The van der Waals surface area contributed by atoms with Gasteiger partial charge in [0.15, 0.2) is 0 Å². The third-order valence-corrected chi connectivity index (χ3v) is 6.94. The quantitative estimate of drug-likeness (QED) is 0.330. The van der Waals surface area contributed by atoms with Crippen molar-refractivity contribution >= 4 is 45.9 Å². The average molecular weight is 466 g/mol. The van der Waals surface area contributed by atoms with Gasteiger partial charge < -0.3 is 10.2 Å². The van der Waals surface area contributed by atoms with E-state index in [1.165, 1.54) is 28.1 Å². The lowest BCUT2D eigenvalue weighted by Crippen LogP contribution is -2.25. The molecule has 3 aromatic carbocycles. The van der Waals surface area contributed by atoms with Crippen LogP contribution in [0.5, 0.6) is 0 Å². The Labute approximate surface area is 196 Å². The summed E-state index contributed by atoms with van der Waals surface area (Å²) in [5.41, 5.74) is 6.07. The molecule has 1 aliphatic heterocycles. The zero-order valence-electron chi connectivity index (χ0n) is 16.8. The largest absolute Gasteiger partial charge is 0.366 e. The van der Waals surface area contributed by atoms with Crippen LogP contribution >= 0.6 is 34.5 Å². The molecule has 0 bridgehead atoms. The van der Waals surface area contributed by atoms with Crippen molar-refractivity contribution in [3.05, 3.63) is 110 Å². The molecule has 0 saturated heterocycles.